The summed E-state index contributed by atoms with van der Waals surface area (Å²) >= 11 is 3.39. The Labute approximate surface area is 170 Å². The number of benzene rings is 2. The van der Waals surface area contributed by atoms with Crippen LogP contribution in [0.4, 0.5) is 0 Å². The van der Waals surface area contributed by atoms with Crippen LogP contribution in [0, 0.1) is 0 Å². The minimum absolute atomic E-state index is 0.0755. The molecule has 0 atom stereocenters. The molecule has 0 saturated carbocycles. The number of nitrogens with zero attached hydrogens (tertiary/aromatic N) is 2. The average Bonchev–Trinajstić information content (AvgIpc) is 2.66. The van der Waals surface area contributed by atoms with E-state index >= 15 is 0 Å². The van der Waals surface area contributed by atoms with E-state index in [2.05, 4.69) is 26.5 Å². The molecule has 2 N–H and O–H groups in total. The number of methoxy groups -OCH3 is 1. The fourth-order valence-corrected chi connectivity index (χ4v) is 2.63. The number of phenolic OH excluding ortho intramolecular Hbond substituents is 1. The van der Waals surface area contributed by atoms with E-state index in [1.54, 1.807) is 26.2 Å². The molecular weight excluding hydrogens is 430 g/mol. The van der Waals surface area contributed by atoms with Gasteiger partial charge in [-0.3, -0.25) is 9.59 Å². The van der Waals surface area contributed by atoms with Crippen LogP contribution in [-0.2, 0) is 4.79 Å². The number of amides is 2. The lowest BCUT2D eigenvalue weighted by Crippen LogP contribution is -2.27. The molecule has 0 aliphatic carbocycles. The Balaban J connectivity index is 2.08. The standard InChI is InChI=1S/C19H20BrN3O5/c1-23(2)17(25)11-28-18-15(20)8-12(9-16(18)27-3)10-21-22-19(26)13-4-6-14(24)7-5-13/h4-10,24H,11H2,1-3H3,(H,22,26). The van der Waals surface area contributed by atoms with Crippen LogP contribution >= 0.6 is 15.9 Å². The summed E-state index contributed by atoms with van der Waals surface area (Å²) < 4.78 is 11.4. The summed E-state index contributed by atoms with van der Waals surface area (Å²) in [6.45, 7) is -0.127. The summed E-state index contributed by atoms with van der Waals surface area (Å²) in [5.41, 5.74) is 3.41. The summed E-state index contributed by atoms with van der Waals surface area (Å²) in [7, 11) is 4.77. The predicted octanol–water partition coefficient (Wildman–Crippen LogP) is 2.39. The highest BCUT2D eigenvalue weighted by molar-refractivity contribution is 9.10. The maximum absolute atomic E-state index is 12.0. The topological polar surface area (TPSA) is 100 Å². The number of ether oxygens (including phenoxy) is 2. The van der Waals surface area contributed by atoms with E-state index in [0.29, 0.717) is 27.1 Å². The van der Waals surface area contributed by atoms with Crippen LogP contribution in [0.25, 0.3) is 0 Å². The Morgan fingerprint density at radius 1 is 1.25 bits per heavy atom. The number of hydrogen-bond acceptors (Lipinski definition) is 6. The Hall–Kier alpha value is -3.07. The lowest BCUT2D eigenvalue weighted by Gasteiger charge is -2.15. The highest BCUT2D eigenvalue weighted by Gasteiger charge is 2.14. The van der Waals surface area contributed by atoms with Gasteiger partial charge in [0, 0.05) is 19.7 Å². The van der Waals surface area contributed by atoms with Crippen LogP contribution in [0.3, 0.4) is 0 Å². The lowest BCUT2D eigenvalue weighted by atomic mass is 10.2. The van der Waals surface area contributed by atoms with Crippen LogP contribution in [-0.4, -0.2) is 55.8 Å². The van der Waals surface area contributed by atoms with Gasteiger partial charge in [-0.1, -0.05) is 0 Å². The van der Waals surface area contributed by atoms with Crippen LogP contribution in [0.15, 0.2) is 46.0 Å². The molecule has 2 rings (SSSR count). The first-order chi connectivity index (χ1) is 13.3. The molecule has 0 bridgehead atoms. The maximum Gasteiger partial charge on any atom is 0.271 e. The third-order valence-electron chi connectivity index (χ3n) is 3.60. The maximum atomic E-state index is 12.0. The molecule has 0 aromatic heterocycles. The van der Waals surface area contributed by atoms with Gasteiger partial charge in [-0.25, -0.2) is 5.43 Å². The van der Waals surface area contributed by atoms with E-state index in [1.807, 2.05) is 0 Å². The van der Waals surface area contributed by atoms with E-state index in [0.717, 1.165) is 0 Å². The van der Waals surface area contributed by atoms with Crippen molar-refractivity contribution in [2.45, 2.75) is 0 Å². The minimum Gasteiger partial charge on any atom is -0.508 e. The van der Waals surface area contributed by atoms with Gasteiger partial charge in [-0.2, -0.15) is 5.10 Å². The number of nitrogens with one attached hydrogen (secondary N) is 1. The molecule has 8 nitrogen and oxygen atoms in total. The zero-order chi connectivity index (χ0) is 20.7. The van der Waals surface area contributed by atoms with Crippen molar-refractivity contribution < 1.29 is 24.2 Å². The Morgan fingerprint density at radius 3 is 2.54 bits per heavy atom. The fraction of sp³-hybridized carbons (Fsp3) is 0.211. The third-order valence-corrected chi connectivity index (χ3v) is 4.19. The van der Waals surface area contributed by atoms with E-state index in [1.165, 1.54) is 42.5 Å². The second-order valence-corrected chi connectivity index (χ2v) is 6.71. The molecule has 0 radical (unpaired) electrons. The van der Waals surface area contributed by atoms with Crippen LogP contribution in [0.5, 0.6) is 17.2 Å². The Morgan fingerprint density at radius 2 is 1.93 bits per heavy atom. The van der Waals surface area contributed by atoms with Gasteiger partial charge in [0.05, 0.1) is 17.8 Å². The van der Waals surface area contributed by atoms with Gasteiger partial charge >= 0.3 is 0 Å². The van der Waals surface area contributed by atoms with Gasteiger partial charge in [-0.05, 0) is 57.9 Å². The normalized spacial score (nSPS) is 10.6. The molecule has 0 unspecified atom stereocenters. The molecule has 0 fully saturated rings. The van der Waals surface area contributed by atoms with Gasteiger partial charge in [0.15, 0.2) is 18.1 Å². The molecule has 148 valence electrons. The summed E-state index contributed by atoms with van der Waals surface area (Å²) in [6, 6.07) is 9.19. The largest absolute Gasteiger partial charge is 0.508 e. The van der Waals surface area contributed by atoms with Crippen molar-refractivity contribution in [1.29, 1.82) is 0 Å². The number of hydrazone groups is 1. The number of carbonyl (C=O) groups excluding carboxylic acids is 2. The van der Waals surface area contributed by atoms with Crippen molar-refractivity contribution in [3.63, 3.8) is 0 Å². The smallest absolute Gasteiger partial charge is 0.271 e. The van der Waals surface area contributed by atoms with E-state index in [9.17, 15) is 14.7 Å². The number of halogens is 1. The molecule has 0 saturated heterocycles. The van der Waals surface area contributed by atoms with E-state index in [4.69, 9.17) is 9.47 Å². The minimum atomic E-state index is -0.413. The van der Waals surface area contributed by atoms with E-state index < -0.39 is 5.91 Å². The van der Waals surface area contributed by atoms with Gasteiger partial charge in [0.2, 0.25) is 0 Å². The third kappa shape index (κ3) is 5.71. The lowest BCUT2D eigenvalue weighted by molar-refractivity contribution is -0.130. The average molecular weight is 450 g/mol. The van der Waals surface area contributed by atoms with Gasteiger partial charge in [-0.15, -0.1) is 0 Å². The highest BCUT2D eigenvalue weighted by Crippen LogP contribution is 2.36. The number of carbonyl (C=O) groups is 2. The van der Waals surface area contributed by atoms with Crippen molar-refractivity contribution in [2.24, 2.45) is 5.10 Å². The highest BCUT2D eigenvalue weighted by atomic mass is 79.9. The van der Waals surface area contributed by atoms with Crippen molar-refractivity contribution >= 4 is 34.0 Å². The molecule has 2 amide bonds. The molecule has 0 spiro atoms. The first-order valence-electron chi connectivity index (χ1n) is 8.14. The number of rotatable bonds is 7. The molecule has 0 heterocycles. The van der Waals surface area contributed by atoms with Crippen LogP contribution in [0.2, 0.25) is 0 Å². The Bertz CT molecular complexity index is 882. The fourth-order valence-electron chi connectivity index (χ4n) is 2.06. The molecule has 2 aromatic carbocycles. The quantitative estimate of drug-likeness (QED) is 0.499. The second-order valence-electron chi connectivity index (χ2n) is 5.86. The van der Waals surface area contributed by atoms with Crippen molar-refractivity contribution in [2.75, 3.05) is 27.8 Å². The van der Waals surface area contributed by atoms with Gasteiger partial charge < -0.3 is 19.5 Å². The number of phenols is 1. The van der Waals surface area contributed by atoms with Crippen molar-refractivity contribution in [3.8, 4) is 17.2 Å². The van der Waals surface area contributed by atoms with Crippen LogP contribution < -0.4 is 14.9 Å². The van der Waals surface area contributed by atoms with E-state index in [-0.39, 0.29) is 18.3 Å². The zero-order valence-corrected chi connectivity index (χ0v) is 17.2. The number of aromatic hydroxyl groups is 1. The summed E-state index contributed by atoms with van der Waals surface area (Å²) in [5, 5.41) is 13.2. The molecule has 0 aliphatic heterocycles. The molecular formula is C19H20BrN3O5. The monoisotopic (exact) mass is 449 g/mol. The zero-order valence-electron chi connectivity index (χ0n) is 15.6. The number of hydrogen-bond donors (Lipinski definition) is 2. The molecule has 9 heteroatoms. The second kappa shape index (κ2) is 9.75. The van der Waals surface area contributed by atoms with Crippen LogP contribution in [0.1, 0.15) is 15.9 Å². The molecule has 28 heavy (non-hydrogen) atoms. The van der Waals surface area contributed by atoms with Gasteiger partial charge in [0.25, 0.3) is 11.8 Å². The molecule has 2 aromatic rings. The van der Waals surface area contributed by atoms with Crippen molar-refractivity contribution in [1.82, 2.24) is 10.3 Å². The van der Waals surface area contributed by atoms with Gasteiger partial charge in [0.1, 0.15) is 5.75 Å². The summed E-state index contributed by atoms with van der Waals surface area (Å²) in [4.78, 5) is 25.1. The SMILES string of the molecule is COc1cc(C=NNC(=O)c2ccc(O)cc2)cc(Br)c1OCC(=O)N(C)C. The molecule has 0 aliphatic rings. The summed E-state index contributed by atoms with van der Waals surface area (Å²) in [5.74, 6) is 0.280. The first kappa shape index (κ1) is 21.2. The number of likely N-dealkylation sites (N-methyl/N-ethyl adjacent to an activating group) is 1. The van der Waals surface area contributed by atoms with Crippen molar-refractivity contribution in [3.05, 3.63) is 52.0 Å². The first-order valence-corrected chi connectivity index (χ1v) is 8.94. The predicted molar refractivity (Wildman–Crippen MR) is 108 cm³/mol. The Kier molecular flexibility index (Phi) is 7.39. The summed E-state index contributed by atoms with van der Waals surface area (Å²) in [6.07, 6.45) is 1.44.